The first-order chi connectivity index (χ1) is 16.2. The number of benzene rings is 2. The molecule has 0 aliphatic carbocycles. The zero-order valence-electron chi connectivity index (χ0n) is 18.4. The van der Waals surface area contributed by atoms with E-state index in [2.05, 4.69) is 4.98 Å². The van der Waals surface area contributed by atoms with Crippen LogP contribution in [0.4, 0.5) is 0 Å². The minimum absolute atomic E-state index is 0.0109. The Hall–Kier alpha value is -3.71. The average molecular weight is 444 g/mol. The Morgan fingerprint density at radius 3 is 2.39 bits per heavy atom. The normalized spacial score (nSPS) is 14.5. The summed E-state index contributed by atoms with van der Waals surface area (Å²) in [5.74, 6) is 0.728. The van der Waals surface area contributed by atoms with E-state index < -0.39 is 0 Å². The van der Waals surface area contributed by atoms with Crippen LogP contribution < -0.4 is 16.0 Å². The SMILES string of the molecule is COc1ccc(Cn2c(=O)c3cc(-c4ccncc4)ccc3n(C3CCOCC3)c2=O)cc1. The zero-order valence-corrected chi connectivity index (χ0v) is 18.4. The summed E-state index contributed by atoms with van der Waals surface area (Å²) in [6.45, 7) is 1.40. The average Bonchev–Trinajstić information content (AvgIpc) is 2.88. The van der Waals surface area contributed by atoms with Crippen LogP contribution in [0, 0.1) is 0 Å². The third kappa shape index (κ3) is 4.07. The second kappa shape index (κ2) is 9.03. The molecule has 0 saturated carbocycles. The predicted molar refractivity (Wildman–Crippen MR) is 127 cm³/mol. The highest BCUT2D eigenvalue weighted by atomic mass is 16.5. The summed E-state index contributed by atoms with van der Waals surface area (Å²) < 4.78 is 13.9. The van der Waals surface area contributed by atoms with E-state index in [1.807, 2.05) is 54.6 Å². The first kappa shape index (κ1) is 21.2. The molecule has 1 fully saturated rings. The van der Waals surface area contributed by atoms with Gasteiger partial charge in [-0.1, -0.05) is 18.2 Å². The number of methoxy groups -OCH3 is 1. The largest absolute Gasteiger partial charge is 0.497 e. The van der Waals surface area contributed by atoms with Crippen molar-refractivity contribution >= 4 is 10.9 Å². The van der Waals surface area contributed by atoms with Crippen LogP contribution in [-0.4, -0.2) is 34.4 Å². The number of nitrogens with zero attached hydrogens (tertiary/aromatic N) is 3. The first-order valence-corrected chi connectivity index (χ1v) is 11.1. The van der Waals surface area contributed by atoms with Gasteiger partial charge in [0.1, 0.15) is 5.75 Å². The van der Waals surface area contributed by atoms with Crippen molar-refractivity contribution in [2.45, 2.75) is 25.4 Å². The molecule has 4 aromatic rings. The quantitative estimate of drug-likeness (QED) is 0.471. The third-order valence-electron chi connectivity index (χ3n) is 6.24. The topological polar surface area (TPSA) is 75.3 Å². The van der Waals surface area contributed by atoms with Gasteiger partial charge in [0.2, 0.25) is 0 Å². The van der Waals surface area contributed by atoms with Gasteiger partial charge < -0.3 is 9.47 Å². The van der Waals surface area contributed by atoms with Gasteiger partial charge in [-0.05, 0) is 65.9 Å². The second-order valence-electron chi connectivity index (χ2n) is 8.20. The maximum absolute atomic E-state index is 13.6. The number of hydrogen-bond donors (Lipinski definition) is 0. The fourth-order valence-corrected chi connectivity index (χ4v) is 4.46. The van der Waals surface area contributed by atoms with Gasteiger partial charge in [0.25, 0.3) is 5.56 Å². The highest BCUT2D eigenvalue weighted by molar-refractivity contribution is 5.84. The van der Waals surface area contributed by atoms with Gasteiger partial charge in [0.05, 0.1) is 24.6 Å². The molecule has 0 N–H and O–H groups in total. The van der Waals surface area contributed by atoms with E-state index in [1.54, 1.807) is 24.1 Å². The number of pyridine rings is 1. The van der Waals surface area contributed by atoms with Gasteiger partial charge in [-0.25, -0.2) is 4.79 Å². The van der Waals surface area contributed by atoms with E-state index in [9.17, 15) is 9.59 Å². The van der Waals surface area contributed by atoms with Crippen molar-refractivity contribution in [1.29, 1.82) is 0 Å². The van der Waals surface area contributed by atoms with Crippen LogP contribution in [0.15, 0.2) is 76.6 Å². The molecule has 0 atom stereocenters. The summed E-state index contributed by atoms with van der Waals surface area (Å²) in [5.41, 5.74) is 2.84. The first-order valence-electron chi connectivity index (χ1n) is 11.1. The number of aromatic nitrogens is 3. The molecule has 1 aliphatic heterocycles. The molecule has 2 aromatic carbocycles. The summed E-state index contributed by atoms with van der Waals surface area (Å²) in [6.07, 6.45) is 4.93. The summed E-state index contributed by atoms with van der Waals surface area (Å²) >= 11 is 0. The maximum atomic E-state index is 13.6. The lowest BCUT2D eigenvalue weighted by atomic mass is 10.0. The predicted octanol–water partition coefficient (Wildman–Crippen LogP) is 3.63. The second-order valence-corrected chi connectivity index (χ2v) is 8.20. The third-order valence-corrected chi connectivity index (χ3v) is 6.24. The van der Waals surface area contributed by atoms with E-state index >= 15 is 0 Å². The molecule has 0 unspecified atom stereocenters. The van der Waals surface area contributed by atoms with Gasteiger partial charge in [-0.15, -0.1) is 0 Å². The number of ether oxygens (including phenoxy) is 2. The fraction of sp³-hybridized carbons (Fsp3) is 0.269. The molecule has 0 spiro atoms. The lowest BCUT2D eigenvalue weighted by Crippen LogP contribution is -2.42. The Morgan fingerprint density at radius 2 is 1.70 bits per heavy atom. The molecule has 168 valence electrons. The smallest absolute Gasteiger partial charge is 0.332 e. The van der Waals surface area contributed by atoms with Crippen LogP contribution >= 0.6 is 0 Å². The molecule has 7 nitrogen and oxygen atoms in total. The standard InChI is InChI=1S/C26H25N3O4/c1-32-22-5-2-18(3-6-22)17-28-25(30)23-16-20(19-8-12-27-13-9-19)4-7-24(23)29(26(28)31)21-10-14-33-15-11-21/h2-9,12-13,16,21H,10-11,14-15,17H2,1H3. The summed E-state index contributed by atoms with van der Waals surface area (Å²) in [6, 6.07) is 17.0. The van der Waals surface area contributed by atoms with E-state index in [4.69, 9.17) is 9.47 Å². The zero-order chi connectivity index (χ0) is 22.8. The van der Waals surface area contributed by atoms with Crippen molar-refractivity contribution in [2.75, 3.05) is 20.3 Å². The van der Waals surface area contributed by atoms with Crippen LogP contribution in [0.1, 0.15) is 24.4 Å². The van der Waals surface area contributed by atoms with Crippen LogP contribution in [-0.2, 0) is 11.3 Å². The molecule has 3 heterocycles. The number of hydrogen-bond acceptors (Lipinski definition) is 5. The highest BCUT2D eigenvalue weighted by Gasteiger charge is 2.22. The van der Waals surface area contributed by atoms with Crippen molar-refractivity contribution < 1.29 is 9.47 Å². The van der Waals surface area contributed by atoms with Gasteiger partial charge in [-0.2, -0.15) is 0 Å². The Balaban J connectivity index is 1.70. The van der Waals surface area contributed by atoms with Crippen molar-refractivity contribution in [3.8, 4) is 16.9 Å². The molecule has 5 rings (SSSR count). The van der Waals surface area contributed by atoms with Crippen molar-refractivity contribution in [3.05, 3.63) is 93.4 Å². The molecular formula is C26H25N3O4. The molecule has 2 aromatic heterocycles. The Morgan fingerprint density at radius 1 is 0.970 bits per heavy atom. The molecule has 7 heteroatoms. The number of rotatable bonds is 5. The van der Waals surface area contributed by atoms with Gasteiger partial charge in [-0.3, -0.25) is 18.9 Å². The van der Waals surface area contributed by atoms with Crippen LogP contribution in [0.2, 0.25) is 0 Å². The minimum atomic E-state index is -0.287. The Kier molecular flexibility index (Phi) is 5.79. The van der Waals surface area contributed by atoms with Crippen LogP contribution in [0.25, 0.3) is 22.0 Å². The van der Waals surface area contributed by atoms with Gasteiger partial charge in [0.15, 0.2) is 0 Å². The van der Waals surface area contributed by atoms with Gasteiger partial charge in [0, 0.05) is 31.6 Å². The summed E-state index contributed by atoms with van der Waals surface area (Å²) in [7, 11) is 1.61. The van der Waals surface area contributed by atoms with E-state index in [0.29, 0.717) is 24.1 Å². The van der Waals surface area contributed by atoms with Crippen molar-refractivity contribution in [3.63, 3.8) is 0 Å². The fourth-order valence-electron chi connectivity index (χ4n) is 4.46. The van der Waals surface area contributed by atoms with Crippen molar-refractivity contribution in [1.82, 2.24) is 14.1 Å². The van der Waals surface area contributed by atoms with E-state index in [0.717, 1.165) is 35.3 Å². The van der Waals surface area contributed by atoms with Crippen LogP contribution in [0.3, 0.4) is 0 Å². The lowest BCUT2D eigenvalue weighted by molar-refractivity contribution is 0.0691. The molecule has 0 bridgehead atoms. The number of fused-ring (bicyclic) bond motifs is 1. The Bertz CT molecular complexity index is 1390. The molecule has 33 heavy (non-hydrogen) atoms. The maximum Gasteiger partial charge on any atom is 0.332 e. The van der Waals surface area contributed by atoms with Crippen molar-refractivity contribution in [2.24, 2.45) is 0 Å². The van der Waals surface area contributed by atoms with Crippen LogP contribution in [0.5, 0.6) is 5.75 Å². The monoisotopic (exact) mass is 443 g/mol. The van der Waals surface area contributed by atoms with E-state index in [1.165, 1.54) is 4.57 Å². The lowest BCUT2D eigenvalue weighted by Gasteiger charge is -2.26. The molecule has 1 saturated heterocycles. The van der Waals surface area contributed by atoms with Gasteiger partial charge >= 0.3 is 5.69 Å². The summed E-state index contributed by atoms with van der Waals surface area (Å²) in [5, 5.41) is 0.531. The molecule has 0 radical (unpaired) electrons. The highest BCUT2D eigenvalue weighted by Crippen LogP contribution is 2.26. The summed E-state index contributed by atoms with van der Waals surface area (Å²) in [4.78, 5) is 31.3. The molecule has 1 aliphatic rings. The minimum Gasteiger partial charge on any atom is -0.497 e. The Labute approximate surface area is 190 Å². The molecular weight excluding hydrogens is 418 g/mol. The van der Waals surface area contributed by atoms with E-state index in [-0.39, 0.29) is 23.8 Å². The molecule has 0 amide bonds.